The molecule has 1 atom stereocenters. The average molecular weight is 366 g/mol. The molecule has 22 heavy (non-hydrogen) atoms. The molecule has 0 spiro atoms. The van der Waals surface area contributed by atoms with E-state index in [0.717, 1.165) is 11.3 Å². The Kier molecular flexibility index (Phi) is 5.98. The fourth-order valence-corrected chi connectivity index (χ4v) is 2.52. The molecule has 1 aromatic rings. The summed E-state index contributed by atoms with van der Waals surface area (Å²) in [5.41, 5.74) is 2.29. The zero-order valence-electron chi connectivity index (χ0n) is 12.2. The third-order valence-electron chi connectivity index (χ3n) is 3.38. The van der Waals surface area contributed by atoms with Crippen LogP contribution < -0.4 is 0 Å². The van der Waals surface area contributed by atoms with Crippen molar-refractivity contribution < 1.29 is 18.1 Å². The molecule has 1 aliphatic heterocycles. The summed E-state index contributed by atoms with van der Waals surface area (Å²) in [6.45, 7) is 0.437. The van der Waals surface area contributed by atoms with Gasteiger partial charge in [0.15, 0.2) is 6.61 Å². The molecule has 0 amide bonds. The van der Waals surface area contributed by atoms with Crippen molar-refractivity contribution in [3.8, 4) is 5.75 Å². The van der Waals surface area contributed by atoms with Crippen molar-refractivity contribution in [1.29, 1.82) is 0 Å². The molecule has 0 fully saturated rings. The lowest BCUT2D eigenvalue weighted by molar-refractivity contribution is -0.143. The van der Waals surface area contributed by atoms with Gasteiger partial charge in [-0.25, -0.2) is 0 Å². The van der Waals surface area contributed by atoms with Gasteiger partial charge in [0.05, 0.1) is 28.9 Å². The Morgan fingerprint density at radius 1 is 1.36 bits per heavy atom. The fraction of sp³-hybridized carbons (Fsp3) is 0.235. The molecule has 1 unspecified atom stereocenters. The van der Waals surface area contributed by atoms with Gasteiger partial charge in [0.1, 0.15) is 6.42 Å². The lowest BCUT2D eigenvalue weighted by Gasteiger charge is -2.35. The van der Waals surface area contributed by atoms with E-state index in [9.17, 15) is 4.79 Å². The smallest absolute Gasteiger partial charge is 0.312 e. The topological polar surface area (TPSA) is 49.2 Å². The van der Waals surface area contributed by atoms with Crippen LogP contribution in [0.25, 0.3) is 6.08 Å². The minimum absolute atomic E-state index is 0.0687. The van der Waals surface area contributed by atoms with Crippen LogP contribution in [0.15, 0.2) is 54.1 Å². The number of benzene rings is 1. The Morgan fingerprint density at radius 2 is 2.09 bits per heavy atom. The van der Waals surface area contributed by atoms with E-state index in [1.54, 1.807) is 7.11 Å². The number of carbonyl (C=O) groups is 1. The lowest BCUT2D eigenvalue weighted by Crippen LogP contribution is -2.28. The van der Waals surface area contributed by atoms with Crippen molar-refractivity contribution in [3.05, 3.63) is 59.7 Å². The number of allylic oxidation sites excluding steroid dienone is 2. The van der Waals surface area contributed by atoms with Gasteiger partial charge in [0.2, 0.25) is 6.10 Å². The van der Waals surface area contributed by atoms with Crippen LogP contribution in [0.4, 0.5) is 0 Å². The van der Waals surface area contributed by atoms with E-state index in [-0.39, 0.29) is 12.5 Å². The molecule has 0 saturated carbocycles. The molecule has 116 valence electrons. The van der Waals surface area contributed by atoms with Crippen LogP contribution in [0.2, 0.25) is 0 Å². The predicted molar refractivity (Wildman–Crippen MR) is 90.1 cm³/mol. The fourth-order valence-electron chi connectivity index (χ4n) is 2.52. The molecule has 1 N–H and O–H groups in total. The Labute approximate surface area is 138 Å². The standard InChI is InChI=1S/C16H14O3.CH3BrO/c17-16(18)9-10-19-14-7-3-1-5-12(14)11-13-6-2-4-8-15(13)19;1-3-2/h1-8,11,14H,9-10H2;1H3/p+1. The van der Waals surface area contributed by atoms with Crippen LogP contribution in [0.3, 0.4) is 0 Å². The van der Waals surface area contributed by atoms with E-state index in [4.69, 9.17) is 5.11 Å². The number of para-hydroxylation sites is 1. The van der Waals surface area contributed by atoms with Gasteiger partial charge in [0.25, 0.3) is 5.75 Å². The van der Waals surface area contributed by atoms with Gasteiger partial charge in [-0.2, -0.15) is 0 Å². The summed E-state index contributed by atoms with van der Waals surface area (Å²) in [7, 11) is 1.54. The monoisotopic (exact) mass is 365 g/mol. The second-order valence-electron chi connectivity index (χ2n) is 4.78. The first kappa shape index (κ1) is 16.5. The zero-order chi connectivity index (χ0) is 15.9. The quantitative estimate of drug-likeness (QED) is 0.814. The summed E-state index contributed by atoms with van der Waals surface area (Å²) < 4.78 is 7.17. The second-order valence-corrected chi connectivity index (χ2v) is 5.43. The van der Waals surface area contributed by atoms with Crippen LogP contribution in [0.5, 0.6) is 5.75 Å². The SMILES string of the molecule is COBr.O=C(O)CC[O+]1c2ccccc2C=C2C=CC=CC21. The van der Waals surface area contributed by atoms with Crippen LogP contribution in [0, 0.1) is 0 Å². The van der Waals surface area contributed by atoms with Crippen LogP contribution >= 0.6 is 16.3 Å². The van der Waals surface area contributed by atoms with Crippen LogP contribution in [-0.4, -0.2) is 30.9 Å². The minimum atomic E-state index is -0.781. The highest BCUT2D eigenvalue weighted by atomic mass is 79.9. The molecule has 1 aromatic carbocycles. The van der Waals surface area contributed by atoms with Gasteiger partial charge in [-0.05, 0) is 18.2 Å². The van der Waals surface area contributed by atoms with Crippen LogP contribution in [0.1, 0.15) is 12.0 Å². The number of hydrogen-bond donors (Lipinski definition) is 1. The molecule has 2 aliphatic rings. The predicted octanol–water partition coefficient (Wildman–Crippen LogP) is 4.26. The number of rotatable bonds is 3. The Hall–Kier alpha value is -1.85. The lowest BCUT2D eigenvalue weighted by atomic mass is 9.97. The third kappa shape index (κ3) is 3.87. The minimum Gasteiger partial charge on any atom is -0.563 e. The van der Waals surface area contributed by atoms with E-state index < -0.39 is 5.97 Å². The van der Waals surface area contributed by atoms with E-state index in [1.807, 2.05) is 36.4 Å². The van der Waals surface area contributed by atoms with Crippen molar-refractivity contribution in [1.82, 2.24) is 0 Å². The van der Waals surface area contributed by atoms with E-state index >= 15 is 0 Å². The zero-order valence-corrected chi connectivity index (χ0v) is 13.8. The number of carboxylic acids is 1. The average Bonchev–Trinajstić information content (AvgIpc) is 2.52. The summed E-state index contributed by atoms with van der Waals surface area (Å²) in [6.07, 6.45) is 10.5. The highest BCUT2D eigenvalue weighted by Crippen LogP contribution is 2.41. The molecular weight excluding hydrogens is 348 g/mol. The Balaban J connectivity index is 0.000000545. The maximum Gasteiger partial charge on any atom is 0.312 e. The van der Waals surface area contributed by atoms with Crippen LogP contribution in [-0.2, 0) is 13.0 Å². The van der Waals surface area contributed by atoms with Gasteiger partial charge >= 0.3 is 5.97 Å². The summed E-state index contributed by atoms with van der Waals surface area (Å²) in [5, 5.41) is 8.90. The van der Waals surface area contributed by atoms with Crippen molar-refractivity contribution in [2.75, 3.05) is 13.7 Å². The number of fused-ring (bicyclic) bond motifs is 2. The number of hydrogen-bond acceptors (Lipinski definition) is 2. The summed E-state index contributed by atoms with van der Waals surface area (Å²) in [5.74, 6) is 0.244. The Morgan fingerprint density at radius 3 is 2.82 bits per heavy atom. The summed E-state index contributed by atoms with van der Waals surface area (Å²) in [4.78, 5) is 10.8. The van der Waals surface area contributed by atoms with Gasteiger partial charge in [-0.1, -0.05) is 24.3 Å². The van der Waals surface area contributed by atoms with Gasteiger partial charge in [0, 0.05) is 17.7 Å². The maximum atomic E-state index is 10.8. The first-order valence-electron chi connectivity index (χ1n) is 6.89. The first-order valence-corrected chi connectivity index (χ1v) is 7.54. The molecule has 4 nitrogen and oxygen atoms in total. The molecule has 3 rings (SSSR count). The molecule has 5 heteroatoms. The Bertz CT molecular complexity index is 619. The van der Waals surface area contributed by atoms with Crippen molar-refractivity contribution >= 4 is 28.3 Å². The first-order chi connectivity index (χ1) is 10.7. The molecule has 0 saturated heterocycles. The van der Waals surface area contributed by atoms with Gasteiger partial charge in [-0.3, -0.25) is 4.79 Å². The van der Waals surface area contributed by atoms with Gasteiger partial charge in [-0.15, -0.1) is 0 Å². The van der Waals surface area contributed by atoms with Crippen molar-refractivity contribution in [2.45, 2.75) is 12.5 Å². The summed E-state index contributed by atoms with van der Waals surface area (Å²) in [6, 6.07) is 8.03. The normalized spacial score (nSPS) is 17.8. The van der Waals surface area contributed by atoms with E-state index in [2.05, 4.69) is 42.7 Å². The molecule has 1 heterocycles. The summed E-state index contributed by atoms with van der Waals surface area (Å²) >= 11 is 2.65. The third-order valence-corrected chi connectivity index (χ3v) is 3.38. The van der Waals surface area contributed by atoms with Crippen molar-refractivity contribution in [3.63, 3.8) is 0 Å². The molecular formula is C17H18BrO4+. The highest BCUT2D eigenvalue weighted by molar-refractivity contribution is 9.06. The second kappa shape index (κ2) is 7.96. The number of carboxylic acid groups (broad SMARTS) is 1. The number of aliphatic carboxylic acids is 1. The van der Waals surface area contributed by atoms with E-state index in [1.165, 1.54) is 5.57 Å². The highest BCUT2D eigenvalue weighted by Gasteiger charge is 2.32. The van der Waals surface area contributed by atoms with E-state index in [0.29, 0.717) is 6.61 Å². The number of halogens is 1. The molecule has 0 radical (unpaired) electrons. The van der Waals surface area contributed by atoms with Gasteiger partial charge < -0.3 is 13.3 Å². The molecule has 1 aliphatic carbocycles. The largest absolute Gasteiger partial charge is 0.563 e. The molecule has 0 aromatic heterocycles. The van der Waals surface area contributed by atoms with Crippen molar-refractivity contribution in [2.24, 2.45) is 0 Å². The maximum absolute atomic E-state index is 10.8. The molecule has 0 bridgehead atoms.